The number of nitrogens with zero attached hydrogens (tertiary/aromatic N) is 1. The highest BCUT2D eigenvalue weighted by molar-refractivity contribution is 5.09. The minimum atomic E-state index is 0.583. The quantitative estimate of drug-likeness (QED) is 0.658. The molecular formula is C9H15N3. The van der Waals surface area contributed by atoms with Crippen LogP contribution in [0.4, 0.5) is 0 Å². The molecule has 2 atom stereocenters. The van der Waals surface area contributed by atoms with E-state index in [2.05, 4.69) is 28.5 Å². The van der Waals surface area contributed by atoms with E-state index in [1.54, 1.807) is 0 Å². The van der Waals surface area contributed by atoms with Crippen molar-refractivity contribution in [1.82, 2.24) is 15.5 Å². The average molecular weight is 165 g/mol. The lowest BCUT2D eigenvalue weighted by molar-refractivity contribution is 0.365. The lowest BCUT2D eigenvalue weighted by Gasteiger charge is -2.28. The van der Waals surface area contributed by atoms with E-state index < -0.39 is 0 Å². The Bertz CT molecular complexity index is 230. The van der Waals surface area contributed by atoms with Gasteiger partial charge in [-0.05, 0) is 32.4 Å². The van der Waals surface area contributed by atoms with Gasteiger partial charge in [-0.15, -0.1) is 0 Å². The highest BCUT2D eigenvalue weighted by Gasteiger charge is 2.22. The van der Waals surface area contributed by atoms with Crippen LogP contribution in [0.3, 0.4) is 0 Å². The van der Waals surface area contributed by atoms with E-state index >= 15 is 0 Å². The Morgan fingerprint density at radius 1 is 1.58 bits per heavy atom. The van der Waals surface area contributed by atoms with Gasteiger partial charge < -0.3 is 5.32 Å². The van der Waals surface area contributed by atoms with Crippen LogP contribution in [0.5, 0.6) is 0 Å². The van der Waals surface area contributed by atoms with Gasteiger partial charge in [0.2, 0.25) is 0 Å². The lowest BCUT2D eigenvalue weighted by atomic mass is 9.89. The molecular weight excluding hydrogens is 150 g/mol. The van der Waals surface area contributed by atoms with Gasteiger partial charge in [-0.25, -0.2) is 0 Å². The smallest absolute Gasteiger partial charge is 0.0490 e. The summed E-state index contributed by atoms with van der Waals surface area (Å²) in [6.07, 6.45) is 4.38. The summed E-state index contributed by atoms with van der Waals surface area (Å²) in [6, 6.07) is 2.66. The van der Waals surface area contributed by atoms with Crippen molar-refractivity contribution in [2.75, 3.05) is 6.54 Å². The highest BCUT2D eigenvalue weighted by atomic mass is 15.1. The molecule has 0 saturated carbocycles. The SMILES string of the molecule is C[C@@H]1NCCC[C@H]1c1ccn[nH]1. The van der Waals surface area contributed by atoms with Gasteiger partial charge in [-0.1, -0.05) is 0 Å². The maximum absolute atomic E-state index is 3.98. The van der Waals surface area contributed by atoms with Crippen molar-refractivity contribution in [1.29, 1.82) is 0 Å². The van der Waals surface area contributed by atoms with Gasteiger partial charge in [-0.2, -0.15) is 5.10 Å². The predicted octanol–water partition coefficient (Wildman–Crippen LogP) is 1.27. The van der Waals surface area contributed by atoms with Gasteiger partial charge in [-0.3, -0.25) is 5.10 Å². The van der Waals surface area contributed by atoms with Crippen LogP contribution in [-0.2, 0) is 0 Å². The summed E-state index contributed by atoms with van der Waals surface area (Å²) in [6.45, 7) is 3.40. The molecule has 2 heterocycles. The average Bonchev–Trinajstić information content (AvgIpc) is 2.57. The summed E-state index contributed by atoms with van der Waals surface area (Å²) in [5.41, 5.74) is 1.27. The maximum atomic E-state index is 3.98. The maximum Gasteiger partial charge on any atom is 0.0490 e. The summed E-state index contributed by atoms with van der Waals surface area (Å²) in [7, 11) is 0. The second-order valence-electron chi connectivity index (χ2n) is 3.50. The molecule has 0 aliphatic carbocycles. The Morgan fingerprint density at radius 2 is 2.50 bits per heavy atom. The van der Waals surface area contributed by atoms with Crippen LogP contribution in [0.2, 0.25) is 0 Å². The number of aromatic amines is 1. The van der Waals surface area contributed by atoms with Crippen LogP contribution in [0.15, 0.2) is 12.3 Å². The van der Waals surface area contributed by atoms with E-state index in [4.69, 9.17) is 0 Å². The molecule has 1 aromatic heterocycles. The first-order chi connectivity index (χ1) is 5.88. The fraction of sp³-hybridized carbons (Fsp3) is 0.667. The second kappa shape index (κ2) is 3.27. The van der Waals surface area contributed by atoms with E-state index in [0.29, 0.717) is 12.0 Å². The zero-order valence-corrected chi connectivity index (χ0v) is 7.38. The first-order valence-corrected chi connectivity index (χ1v) is 4.60. The zero-order valence-electron chi connectivity index (χ0n) is 7.38. The fourth-order valence-electron chi connectivity index (χ4n) is 1.94. The molecule has 0 bridgehead atoms. The summed E-state index contributed by atoms with van der Waals surface area (Å²) in [5, 5.41) is 10.5. The molecule has 3 heteroatoms. The number of hydrogen-bond donors (Lipinski definition) is 2. The van der Waals surface area contributed by atoms with Crippen LogP contribution in [0.25, 0.3) is 0 Å². The van der Waals surface area contributed by atoms with Crippen molar-refractivity contribution in [3.8, 4) is 0 Å². The minimum absolute atomic E-state index is 0.583. The molecule has 3 nitrogen and oxygen atoms in total. The molecule has 12 heavy (non-hydrogen) atoms. The van der Waals surface area contributed by atoms with Crippen LogP contribution < -0.4 is 5.32 Å². The molecule has 0 unspecified atom stereocenters. The topological polar surface area (TPSA) is 40.7 Å². The molecule has 0 aromatic carbocycles. The van der Waals surface area contributed by atoms with Crippen LogP contribution >= 0.6 is 0 Å². The van der Waals surface area contributed by atoms with Gasteiger partial charge in [0.15, 0.2) is 0 Å². The summed E-state index contributed by atoms with van der Waals surface area (Å²) >= 11 is 0. The van der Waals surface area contributed by atoms with Gasteiger partial charge in [0.05, 0.1) is 0 Å². The molecule has 0 radical (unpaired) electrons. The van der Waals surface area contributed by atoms with Crippen molar-refractivity contribution < 1.29 is 0 Å². The number of aromatic nitrogens is 2. The summed E-state index contributed by atoms with van der Waals surface area (Å²) in [5.74, 6) is 0.626. The number of rotatable bonds is 1. The monoisotopic (exact) mass is 165 g/mol. The third-order valence-electron chi connectivity index (χ3n) is 2.68. The van der Waals surface area contributed by atoms with Crippen molar-refractivity contribution in [2.45, 2.75) is 31.7 Å². The highest BCUT2D eigenvalue weighted by Crippen LogP contribution is 2.25. The van der Waals surface area contributed by atoms with E-state index in [-0.39, 0.29) is 0 Å². The standard InChI is InChI=1S/C9H15N3/c1-7-8(3-2-5-10-7)9-4-6-11-12-9/h4,6-8,10H,2-3,5H2,1H3,(H,11,12)/t7-,8+/m0/s1. The van der Waals surface area contributed by atoms with Crippen molar-refractivity contribution in [2.24, 2.45) is 0 Å². The number of H-pyrrole nitrogens is 1. The molecule has 1 aliphatic rings. The Kier molecular flexibility index (Phi) is 2.13. The Labute approximate surface area is 72.6 Å². The first-order valence-electron chi connectivity index (χ1n) is 4.60. The largest absolute Gasteiger partial charge is 0.314 e. The predicted molar refractivity (Wildman–Crippen MR) is 48.0 cm³/mol. The number of nitrogens with one attached hydrogen (secondary N) is 2. The zero-order chi connectivity index (χ0) is 8.39. The minimum Gasteiger partial charge on any atom is -0.314 e. The fourth-order valence-corrected chi connectivity index (χ4v) is 1.94. The van der Waals surface area contributed by atoms with Gasteiger partial charge >= 0.3 is 0 Å². The Balaban J connectivity index is 2.11. The van der Waals surface area contributed by atoms with Crippen molar-refractivity contribution >= 4 is 0 Å². The van der Waals surface area contributed by atoms with Gasteiger partial charge in [0.25, 0.3) is 0 Å². The molecule has 1 saturated heterocycles. The molecule has 66 valence electrons. The summed E-state index contributed by atoms with van der Waals surface area (Å²) in [4.78, 5) is 0. The van der Waals surface area contributed by atoms with Crippen LogP contribution in [-0.4, -0.2) is 22.8 Å². The molecule has 1 fully saturated rings. The normalized spacial score (nSPS) is 30.4. The molecule has 0 amide bonds. The molecule has 2 N–H and O–H groups in total. The van der Waals surface area contributed by atoms with Gasteiger partial charge in [0.1, 0.15) is 0 Å². The van der Waals surface area contributed by atoms with E-state index in [0.717, 1.165) is 6.54 Å². The number of hydrogen-bond acceptors (Lipinski definition) is 2. The third kappa shape index (κ3) is 1.37. The molecule has 2 rings (SSSR count). The molecule has 0 spiro atoms. The molecule has 1 aromatic rings. The molecule has 1 aliphatic heterocycles. The number of piperidine rings is 1. The van der Waals surface area contributed by atoms with E-state index in [1.807, 2.05) is 6.20 Å². The Hall–Kier alpha value is -0.830. The van der Waals surface area contributed by atoms with Crippen molar-refractivity contribution in [3.63, 3.8) is 0 Å². The first kappa shape index (κ1) is 7.80. The lowest BCUT2D eigenvalue weighted by Crippen LogP contribution is -2.37. The van der Waals surface area contributed by atoms with Crippen LogP contribution in [0, 0.1) is 0 Å². The van der Waals surface area contributed by atoms with E-state index in [1.165, 1.54) is 18.5 Å². The van der Waals surface area contributed by atoms with Gasteiger partial charge in [0, 0.05) is 23.9 Å². The Morgan fingerprint density at radius 3 is 3.17 bits per heavy atom. The van der Waals surface area contributed by atoms with Crippen LogP contribution in [0.1, 0.15) is 31.4 Å². The summed E-state index contributed by atoms with van der Waals surface area (Å²) < 4.78 is 0. The van der Waals surface area contributed by atoms with Crippen molar-refractivity contribution in [3.05, 3.63) is 18.0 Å². The second-order valence-corrected chi connectivity index (χ2v) is 3.50. The van der Waals surface area contributed by atoms with E-state index in [9.17, 15) is 0 Å². The third-order valence-corrected chi connectivity index (χ3v) is 2.68.